The smallest absolute Gasteiger partial charge is 0.288 e. The van der Waals surface area contributed by atoms with Gasteiger partial charge >= 0.3 is 0 Å². The van der Waals surface area contributed by atoms with Crippen molar-refractivity contribution >= 4 is 28.9 Å². The number of nitro groups is 1. The molecule has 5 rings (SSSR count). The highest BCUT2D eigenvalue weighted by Crippen LogP contribution is 2.51. The molecule has 0 bridgehead atoms. The van der Waals surface area contributed by atoms with Gasteiger partial charge in [0, 0.05) is 25.1 Å². The zero-order chi connectivity index (χ0) is 22.2. The maximum Gasteiger partial charge on any atom is 0.288 e. The van der Waals surface area contributed by atoms with E-state index in [1.54, 1.807) is 12.1 Å². The van der Waals surface area contributed by atoms with Gasteiger partial charge in [-0.05, 0) is 48.4 Å². The molecule has 3 aliphatic rings. The number of halogens is 1. The van der Waals surface area contributed by atoms with Crippen LogP contribution in [0.15, 0.2) is 48.6 Å². The summed E-state index contributed by atoms with van der Waals surface area (Å²) in [5.74, 6) is 0.465. The minimum atomic E-state index is -0.443. The predicted molar refractivity (Wildman–Crippen MR) is 125 cm³/mol. The van der Waals surface area contributed by atoms with Crippen LogP contribution in [0.3, 0.4) is 0 Å². The molecule has 2 aromatic carbocycles. The quantitative estimate of drug-likeness (QED) is 0.348. The second-order valence-corrected chi connectivity index (χ2v) is 9.33. The fourth-order valence-electron chi connectivity index (χ4n) is 5.44. The molecule has 32 heavy (non-hydrogen) atoms. The Hall–Kier alpha value is -2.86. The number of hydrogen-bond donors (Lipinski definition) is 1. The highest BCUT2D eigenvalue weighted by Gasteiger charge is 2.40. The summed E-state index contributed by atoms with van der Waals surface area (Å²) in [6, 6.07) is 10.8. The second-order valence-electron chi connectivity index (χ2n) is 8.92. The SMILES string of the molecule is O=C(c1cccc2c1NC(c1ccc(Cl)c([N+](=O)[O-])c1)C1CC=CC21)N1CCCCCC1. The Labute approximate surface area is 192 Å². The van der Waals surface area contributed by atoms with Gasteiger partial charge in [-0.1, -0.05) is 54.8 Å². The maximum atomic E-state index is 13.5. The van der Waals surface area contributed by atoms with Crippen LogP contribution in [0.2, 0.25) is 5.02 Å². The lowest BCUT2D eigenvalue weighted by Crippen LogP contribution is -2.35. The Morgan fingerprint density at radius 3 is 2.66 bits per heavy atom. The molecular formula is C25H26ClN3O3. The van der Waals surface area contributed by atoms with Crippen LogP contribution in [0.4, 0.5) is 11.4 Å². The number of fused-ring (bicyclic) bond motifs is 3. The van der Waals surface area contributed by atoms with Crippen molar-refractivity contribution in [3.63, 3.8) is 0 Å². The van der Waals surface area contributed by atoms with Crippen LogP contribution < -0.4 is 5.32 Å². The average Bonchev–Trinajstić information content (AvgIpc) is 3.13. The number of carbonyl (C=O) groups is 1. The fourth-order valence-corrected chi connectivity index (χ4v) is 5.62. The van der Waals surface area contributed by atoms with E-state index in [0.717, 1.165) is 49.2 Å². The third-order valence-corrected chi connectivity index (χ3v) is 7.37. The molecule has 7 heteroatoms. The summed E-state index contributed by atoms with van der Waals surface area (Å²) in [5.41, 5.74) is 3.41. The number of nitrogens with one attached hydrogen (secondary N) is 1. The van der Waals surface area contributed by atoms with Crippen LogP contribution in [0.5, 0.6) is 0 Å². The number of nitro benzene ring substituents is 1. The second kappa shape index (κ2) is 8.58. The molecule has 1 saturated heterocycles. The Balaban J connectivity index is 1.55. The molecule has 1 amide bonds. The summed E-state index contributed by atoms with van der Waals surface area (Å²) in [5, 5.41) is 15.2. The van der Waals surface area contributed by atoms with E-state index >= 15 is 0 Å². The molecule has 2 aromatic rings. The van der Waals surface area contributed by atoms with Gasteiger partial charge in [0.05, 0.1) is 22.2 Å². The highest BCUT2D eigenvalue weighted by atomic mass is 35.5. The lowest BCUT2D eigenvalue weighted by Gasteiger charge is -2.38. The Morgan fingerprint density at radius 2 is 1.91 bits per heavy atom. The first kappa shape index (κ1) is 21.0. The number of amides is 1. The van der Waals surface area contributed by atoms with Crippen LogP contribution in [0.1, 0.15) is 65.5 Å². The number of para-hydroxylation sites is 1. The van der Waals surface area contributed by atoms with Crippen LogP contribution in [-0.2, 0) is 0 Å². The summed E-state index contributed by atoms with van der Waals surface area (Å²) < 4.78 is 0. The molecule has 0 spiro atoms. The number of rotatable bonds is 3. The molecule has 166 valence electrons. The topological polar surface area (TPSA) is 75.5 Å². The molecule has 1 fully saturated rings. The van der Waals surface area contributed by atoms with Crippen LogP contribution in [-0.4, -0.2) is 28.8 Å². The van der Waals surface area contributed by atoms with E-state index in [-0.39, 0.29) is 34.5 Å². The lowest BCUT2D eigenvalue weighted by atomic mass is 9.76. The lowest BCUT2D eigenvalue weighted by molar-refractivity contribution is -0.384. The molecule has 3 atom stereocenters. The van der Waals surface area contributed by atoms with Gasteiger partial charge in [-0.2, -0.15) is 0 Å². The van der Waals surface area contributed by atoms with E-state index in [1.807, 2.05) is 23.1 Å². The van der Waals surface area contributed by atoms with Crippen molar-refractivity contribution in [3.05, 3.63) is 80.4 Å². The van der Waals surface area contributed by atoms with E-state index in [2.05, 4.69) is 23.5 Å². The molecule has 6 nitrogen and oxygen atoms in total. The van der Waals surface area contributed by atoms with Crippen molar-refractivity contribution in [1.82, 2.24) is 4.90 Å². The minimum Gasteiger partial charge on any atom is -0.377 e. The molecule has 2 aliphatic heterocycles. The first-order valence-electron chi connectivity index (χ1n) is 11.3. The van der Waals surface area contributed by atoms with E-state index in [4.69, 9.17) is 11.6 Å². The van der Waals surface area contributed by atoms with Crippen LogP contribution in [0.25, 0.3) is 0 Å². The first-order chi connectivity index (χ1) is 15.5. The summed E-state index contributed by atoms with van der Waals surface area (Å²) >= 11 is 6.06. The van der Waals surface area contributed by atoms with E-state index in [1.165, 1.54) is 12.8 Å². The number of hydrogen-bond acceptors (Lipinski definition) is 4. The summed E-state index contributed by atoms with van der Waals surface area (Å²) in [6.07, 6.45) is 9.68. The Morgan fingerprint density at radius 1 is 1.12 bits per heavy atom. The first-order valence-corrected chi connectivity index (χ1v) is 11.7. The minimum absolute atomic E-state index is 0.0671. The summed E-state index contributed by atoms with van der Waals surface area (Å²) in [7, 11) is 0. The van der Waals surface area contributed by atoms with Gasteiger partial charge < -0.3 is 10.2 Å². The molecule has 0 radical (unpaired) electrons. The van der Waals surface area contributed by atoms with Gasteiger partial charge in [-0.25, -0.2) is 0 Å². The highest BCUT2D eigenvalue weighted by molar-refractivity contribution is 6.32. The molecule has 0 aromatic heterocycles. The molecule has 1 N–H and O–H groups in total. The predicted octanol–water partition coefficient (Wildman–Crippen LogP) is 6.09. The Kier molecular flexibility index (Phi) is 5.64. The number of carbonyl (C=O) groups excluding carboxylic acids is 1. The number of benzene rings is 2. The van der Waals surface area contributed by atoms with Crippen molar-refractivity contribution < 1.29 is 9.72 Å². The number of anilines is 1. The van der Waals surface area contributed by atoms with Crippen LogP contribution >= 0.6 is 11.6 Å². The summed E-state index contributed by atoms with van der Waals surface area (Å²) in [4.78, 5) is 26.5. The molecular weight excluding hydrogens is 426 g/mol. The van der Waals surface area contributed by atoms with Crippen molar-refractivity contribution in [3.8, 4) is 0 Å². The van der Waals surface area contributed by atoms with Crippen molar-refractivity contribution in [2.24, 2.45) is 5.92 Å². The Bertz CT molecular complexity index is 1090. The third-order valence-electron chi connectivity index (χ3n) is 7.05. The van der Waals surface area contributed by atoms with E-state index in [9.17, 15) is 14.9 Å². The fraction of sp³-hybridized carbons (Fsp3) is 0.400. The van der Waals surface area contributed by atoms with Gasteiger partial charge in [0.15, 0.2) is 0 Å². The van der Waals surface area contributed by atoms with Gasteiger partial charge in [0.25, 0.3) is 11.6 Å². The van der Waals surface area contributed by atoms with Crippen molar-refractivity contribution in [2.45, 2.75) is 44.1 Å². The van der Waals surface area contributed by atoms with Gasteiger partial charge in [0.2, 0.25) is 0 Å². The molecule has 3 unspecified atom stereocenters. The van der Waals surface area contributed by atoms with Gasteiger partial charge in [-0.15, -0.1) is 0 Å². The van der Waals surface area contributed by atoms with Crippen molar-refractivity contribution in [1.29, 1.82) is 0 Å². The summed E-state index contributed by atoms with van der Waals surface area (Å²) in [6.45, 7) is 1.59. The standard InChI is InChI=1S/C25H26ClN3O3/c26-21-12-11-16(15-22(21)29(31)32)23-18-8-5-7-17(18)19-9-6-10-20(24(19)27-23)25(30)28-13-3-1-2-4-14-28/h5-7,9-12,15,17-18,23,27H,1-4,8,13-14H2. The van der Waals surface area contributed by atoms with Gasteiger partial charge in [-0.3, -0.25) is 14.9 Å². The maximum absolute atomic E-state index is 13.5. The van der Waals surface area contributed by atoms with Crippen molar-refractivity contribution in [2.75, 3.05) is 18.4 Å². The zero-order valence-electron chi connectivity index (χ0n) is 17.8. The molecule has 1 aliphatic carbocycles. The van der Waals surface area contributed by atoms with E-state index in [0.29, 0.717) is 5.56 Å². The average molecular weight is 452 g/mol. The van der Waals surface area contributed by atoms with Crippen LogP contribution in [0, 0.1) is 16.0 Å². The zero-order valence-corrected chi connectivity index (χ0v) is 18.6. The number of nitrogens with zero attached hydrogens (tertiary/aromatic N) is 2. The largest absolute Gasteiger partial charge is 0.377 e. The third kappa shape index (κ3) is 3.66. The number of likely N-dealkylation sites (tertiary alicyclic amines) is 1. The molecule has 0 saturated carbocycles. The monoisotopic (exact) mass is 451 g/mol. The van der Waals surface area contributed by atoms with Gasteiger partial charge in [0.1, 0.15) is 5.02 Å². The normalized spacial score (nSPS) is 24.3. The molecule has 2 heterocycles. The number of allylic oxidation sites excluding steroid dienone is 2. The van der Waals surface area contributed by atoms with E-state index < -0.39 is 4.92 Å².